The Kier molecular flexibility index (Phi) is 4.61. The quantitative estimate of drug-likeness (QED) is 0.871. The van der Waals surface area contributed by atoms with E-state index in [9.17, 15) is 4.79 Å². The maximum Gasteiger partial charge on any atom is 0.228 e. The second kappa shape index (κ2) is 6.22. The van der Waals surface area contributed by atoms with Crippen molar-refractivity contribution in [3.8, 4) is 0 Å². The number of aryl methyl sites for hydroxylation is 1. The largest absolute Gasteiger partial charge is 0.325 e. The highest BCUT2D eigenvalue weighted by Crippen LogP contribution is 2.23. The fourth-order valence-corrected chi connectivity index (χ4v) is 2.32. The third kappa shape index (κ3) is 4.08. The number of anilines is 1. The molecule has 0 atom stereocenters. The van der Waals surface area contributed by atoms with Crippen LogP contribution in [0.15, 0.2) is 46.9 Å². The summed E-state index contributed by atoms with van der Waals surface area (Å²) < 4.78 is 0.873. The van der Waals surface area contributed by atoms with Gasteiger partial charge in [0.05, 0.1) is 12.1 Å². The van der Waals surface area contributed by atoms with E-state index in [4.69, 9.17) is 11.6 Å². The van der Waals surface area contributed by atoms with Crippen molar-refractivity contribution in [1.29, 1.82) is 0 Å². The van der Waals surface area contributed by atoms with Crippen LogP contribution in [0.25, 0.3) is 0 Å². The Morgan fingerprint density at radius 3 is 2.79 bits per heavy atom. The predicted octanol–water partition coefficient (Wildman–Crippen LogP) is 4.59. The van der Waals surface area contributed by atoms with Crippen LogP contribution in [0.1, 0.15) is 11.1 Å². The summed E-state index contributed by atoms with van der Waals surface area (Å²) in [5, 5.41) is 3.53. The molecule has 0 heterocycles. The fraction of sp³-hybridized carbons (Fsp3) is 0.133. The molecule has 0 aliphatic rings. The fourth-order valence-electron chi connectivity index (χ4n) is 1.76. The zero-order valence-electron chi connectivity index (χ0n) is 10.4. The number of carbonyl (C=O) groups excluding carboxylic acids is 1. The topological polar surface area (TPSA) is 29.1 Å². The van der Waals surface area contributed by atoms with E-state index in [1.54, 1.807) is 12.1 Å². The highest BCUT2D eigenvalue weighted by atomic mass is 79.9. The highest BCUT2D eigenvalue weighted by molar-refractivity contribution is 9.10. The molecule has 2 aromatic carbocycles. The van der Waals surface area contributed by atoms with Gasteiger partial charge in [-0.05, 0) is 58.2 Å². The van der Waals surface area contributed by atoms with Gasteiger partial charge in [-0.1, -0.05) is 29.8 Å². The zero-order chi connectivity index (χ0) is 13.8. The molecule has 2 nitrogen and oxygen atoms in total. The Balaban J connectivity index is 2.07. The monoisotopic (exact) mass is 337 g/mol. The average molecular weight is 339 g/mol. The molecule has 0 unspecified atom stereocenters. The molecule has 0 aliphatic heterocycles. The minimum Gasteiger partial charge on any atom is -0.325 e. The summed E-state index contributed by atoms with van der Waals surface area (Å²) >= 11 is 9.32. The second-order valence-corrected chi connectivity index (χ2v) is 5.63. The SMILES string of the molecule is Cc1ccc(Br)c(NC(=O)Cc2cccc(Cl)c2)c1. The number of hydrogen-bond donors (Lipinski definition) is 1. The molecule has 0 aromatic heterocycles. The summed E-state index contributed by atoms with van der Waals surface area (Å²) in [5.74, 6) is -0.0615. The van der Waals surface area contributed by atoms with E-state index in [0.717, 1.165) is 21.3 Å². The van der Waals surface area contributed by atoms with Gasteiger partial charge >= 0.3 is 0 Å². The Morgan fingerprint density at radius 1 is 1.26 bits per heavy atom. The molecule has 1 amide bonds. The van der Waals surface area contributed by atoms with E-state index in [1.165, 1.54) is 0 Å². The number of hydrogen-bond acceptors (Lipinski definition) is 1. The molecule has 2 aromatic rings. The van der Waals surface area contributed by atoms with Crippen LogP contribution < -0.4 is 5.32 Å². The Bertz CT molecular complexity index is 613. The van der Waals surface area contributed by atoms with E-state index in [-0.39, 0.29) is 5.91 Å². The summed E-state index contributed by atoms with van der Waals surface area (Å²) in [6, 6.07) is 13.2. The van der Waals surface area contributed by atoms with Crippen molar-refractivity contribution in [2.75, 3.05) is 5.32 Å². The third-order valence-electron chi connectivity index (χ3n) is 2.65. The first-order valence-electron chi connectivity index (χ1n) is 5.85. The van der Waals surface area contributed by atoms with Crippen molar-refractivity contribution in [1.82, 2.24) is 0 Å². The summed E-state index contributed by atoms with van der Waals surface area (Å²) in [6.45, 7) is 1.99. The molecule has 98 valence electrons. The van der Waals surface area contributed by atoms with Crippen LogP contribution in [0.3, 0.4) is 0 Å². The second-order valence-electron chi connectivity index (χ2n) is 4.34. The molecule has 0 aliphatic carbocycles. The molecular weight excluding hydrogens is 326 g/mol. The van der Waals surface area contributed by atoms with Gasteiger partial charge in [0.2, 0.25) is 5.91 Å². The van der Waals surface area contributed by atoms with Crippen LogP contribution in [-0.4, -0.2) is 5.91 Å². The van der Waals surface area contributed by atoms with Crippen molar-refractivity contribution in [3.05, 3.63) is 63.1 Å². The van der Waals surface area contributed by atoms with Crippen molar-refractivity contribution >= 4 is 39.1 Å². The molecule has 0 spiro atoms. The van der Waals surface area contributed by atoms with Gasteiger partial charge in [-0.2, -0.15) is 0 Å². The normalized spacial score (nSPS) is 10.3. The lowest BCUT2D eigenvalue weighted by Gasteiger charge is -2.08. The minimum atomic E-state index is -0.0615. The highest BCUT2D eigenvalue weighted by Gasteiger charge is 2.07. The Morgan fingerprint density at radius 2 is 2.05 bits per heavy atom. The molecular formula is C15H13BrClNO. The number of rotatable bonds is 3. The molecule has 19 heavy (non-hydrogen) atoms. The van der Waals surface area contributed by atoms with Gasteiger partial charge in [0.15, 0.2) is 0 Å². The molecule has 0 fully saturated rings. The summed E-state index contributed by atoms with van der Waals surface area (Å²) in [4.78, 5) is 12.0. The first kappa shape index (κ1) is 14.1. The molecule has 0 saturated heterocycles. The minimum absolute atomic E-state index is 0.0615. The lowest BCUT2D eigenvalue weighted by molar-refractivity contribution is -0.115. The molecule has 4 heteroatoms. The van der Waals surface area contributed by atoms with E-state index >= 15 is 0 Å². The first-order valence-corrected chi connectivity index (χ1v) is 7.02. The zero-order valence-corrected chi connectivity index (χ0v) is 12.8. The van der Waals surface area contributed by atoms with E-state index in [0.29, 0.717) is 11.4 Å². The number of benzene rings is 2. The Hall–Kier alpha value is -1.32. The van der Waals surface area contributed by atoms with Crippen LogP contribution in [-0.2, 0) is 11.2 Å². The van der Waals surface area contributed by atoms with Crippen LogP contribution >= 0.6 is 27.5 Å². The number of halogens is 2. The molecule has 1 N–H and O–H groups in total. The van der Waals surface area contributed by atoms with Crippen molar-refractivity contribution in [3.63, 3.8) is 0 Å². The van der Waals surface area contributed by atoms with Gasteiger partial charge in [-0.15, -0.1) is 0 Å². The van der Waals surface area contributed by atoms with Gasteiger partial charge in [0.25, 0.3) is 0 Å². The van der Waals surface area contributed by atoms with Crippen molar-refractivity contribution < 1.29 is 4.79 Å². The smallest absolute Gasteiger partial charge is 0.228 e. The van der Waals surface area contributed by atoms with E-state index < -0.39 is 0 Å². The van der Waals surface area contributed by atoms with Crippen LogP contribution in [0.4, 0.5) is 5.69 Å². The summed E-state index contributed by atoms with van der Waals surface area (Å²) in [5.41, 5.74) is 2.78. The van der Waals surface area contributed by atoms with E-state index in [1.807, 2.05) is 37.3 Å². The van der Waals surface area contributed by atoms with Crippen molar-refractivity contribution in [2.24, 2.45) is 0 Å². The lowest BCUT2D eigenvalue weighted by Crippen LogP contribution is -2.14. The number of amides is 1. The number of nitrogens with one attached hydrogen (secondary N) is 1. The predicted molar refractivity (Wildman–Crippen MR) is 82.7 cm³/mol. The third-order valence-corrected chi connectivity index (χ3v) is 3.58. The van der Waals surface area contributed by atoms with E-state index in [2.05, 4.69) is 21.2 Å². The van der Waals surface area contributed by atoms with Crippen LogP contribution in [0.5, 0.6) is 0 Å². The maximum absolute atomic E-state index is 12.0. The van der Waals surface area contributed by atoms with Gasteiger partial charge < -0.3 is 5.32 Å². The first-order chi connectivity index (χ1) is 9.04. The van der Waals surface area contributed by atoms with Gasteiger partial charge in [0.1, 0.15) is 0 Å². The molecule has 0 saturated carbocycles. The lowest BCUT2D eigenvalue weighted by atomic mass is 10.1. The van der Waals surface area contributed by atoms with Gasteiger partial charge in [-0.3, -0.25) is 4.79 Å². The van der Waals surface area contributed by atoms with Crippen molar-refractivity contribution in [2.45, 2.75) is 13.3 Å². The standard InChI is InChI=1S/C15H13BrClNO/c1-10-5-6-13(16)14(7-10)18-15(19)9-11-3-2-4-12(17)8-11/h2-8H,9H2,1H3,(H,18,19). The van der Waals surface area contributed by atoms with Crippen LogP contribution in [0.2, 0.25) is 5.02 Å². The van der Waals surface area contributed by atoms with Gasteiger partial charge in [-0.25, -0.2) is 0 Å². The molecule has 0 bridgehead atoms. The molecule has 2 rings (SSSR count). The number of carbonyl (C=O) groups is 1. The maximum atomic E-state index is 12.0. The Labute approximate surface area is 125 Å². The summed E-state index contributed by atoms with van der Waals surface area (Å²) in [6.07, 6.45) is 0.306. The van der Waals surface area contributed by atoms with Crippen LogP contribution in [0, 0.1) is 6.92 Å². The summed E-state index contributed by atoms with van der Waals surface area (Å²) in [7, 11) is 0. The molecule has 0 radical (unpaired) electrons. The van der Waals surface area contributed by atoms with Gasteiger partial charge in [0, 0.05) is 9.50 Å². The average Bonchev–Trinajstić information content (AvgIpc) is 2.34.